The lowest BCUT2D eigenvalue weighted by molar-refractivity contribution is 0.945. The summed E-state index contributed by atoms with van der Waals surface area (Å²) in [6, 6.07) is 18.1. The van der Waals surface area contributed by atoms with Crippen molar-refractivity contribution in [3.05, 3.63) is 59.8 Å². The van der Waals surface area contributed by atoms with Crippen LogP contribution in [0.25, 0.3) is 10.8 Å². The van der Waals surface area contributed by atoms with E-state index in [1.165, 1.54) is 0 Å². The van der Waals surface area contributed by atoms with Gasteiger partial charge >= 0.3 is 0 Å². The highest BCUT2D eigenvalue weighted by Crippen LogP contribution is 2.31. The minimum atomic E-state index is 0.438. The Kier molecular flexibility index (Phi) is 3.52. The van der Waals surface area contributed by atoms with Crippen molar-refractivity contribution in [2.75, 3.05) is 11.4 Å². The zero-order chi connectivity index (χ0) is 13.9. The number of anilines is 2. The summed E-state index contributed by atoms with van der Waals surface area (Å²) in [4.78, 5) is 2.13. The number of hydrogen-bond donors (Lipinski definition) is 0. The second-order valence-corrected chi connectivity index (χ2v) is 4.80. The van der Waals surface area contributed by atoms with Crippen LogP contribution in [0.4, 0.5) is 11.5 Å². The molecule has 3 aromatic rings. The molecule has 1 heterocycles. The lowest BCUT2D eigenvalue weighted by Gasteiger charge is -2.23. The van der Waals surface area contributed by atoms with Crippen molar-refractivity contribution in [3.8, 4) is 0 Å². The van der Waals surface area contributed by atoms with Gasteiger partial charge in [0.2, 0.25) is 0 Å². The first-order chi connectivity index (χ1) is 9.81. The molecule has 0 radical (unpaired) electrons. The Morgan fingerprint density at radius 1 is 0.900 bits per heavy atom. The normalized spacial score (nSPS) is 10.7. The van der Waals surface area contributed by atoms with Crippen molar-refractivity contribution in [1.82, 2.24) is 10.2 Å². The topological polar surface area (TPSA) is 29.0 Å². The maximum Gasteiger partial charge on any atom is 0.163 e. The Bertz CT molecular complexity index is 728. The molecule has 100 valence electrons. The third-order valence-electron chi connectivity index (χ3n) is 3.26. The van der Waals surface area contributed by atoms with Crippen LogP contribution in [0.15, 0.2) is 54.6 Å². The van der Waals surface area contributed by atoms with Crippen molar-refractivity contribution in [2.45, 2.75) is 6.92 Å². The van der Waals surface area contributed by atoms with Gasteiger partial charge in [0.25, 0.3) is 0 Å². The van der Waals surface area contributed by atoms with Crippen LogP contribution in [0.3, 0.4) is 0 Å². The Hall–Kier alpha value is -2.13. The number of aromatic nitrogens is 2. The van der Waals surface area contributed by atoms with Crippen LogP contribution >= 0.6 is 11.6 Å². The van der Waals surface area contributed by atoms with Gasteiger partial charge in [-0.1, -0.05) is 54.1 Å². The Morgan fingerprint density at radius 2 is 1.55 bits per heavy atom. The summed E-state index contributed by atoms with van der Waals surface area (Å²) in [7, 11) is 0. The lowest BCUT2D eigenvalue weighted by atomic mass is 10.1. The number of halogens is 1. The molecule has 0 N–H and O–H groups in total. The molecule has 0 saturated carbocycles. The highest BCUT2D eigenvalue weighted by atomic mass is 35.5. The third-order valence-corrected chi connectivity index (χ3v) is 3.54. The van der Waals surface area contributed by atoms with Gasteiger partial charge < -0.3 is 4.90 Å². The molecule has 1 aromatic heterocycles. The quantitative estimate of drug-likeness (QED) is 0.711. The highest BCUT2D eigenvalue weighted by Gasteiger charge is 2.14. The fraction of sp³-hybridized carbons (Fsp3) is 0.125. The van der Waals surface area contributed by atoms with E-state index in [1.807, 2.05) is 42.5 Å². The molecule has 0 fully saturated rings. The van der Waals surface area contributed by atoms with E-state index in [0.717, 1.165) is 28.8 Å². The van der Waals surface area contributed by atoms with Crippen LogP contribution in [0.5, 0.6) is 0 Å². The van der Waals surface area contributed by atoms with Crippen LogP contribution in [-0.4, -0.2) is 16.7 Å². The molecule has 20 heavy (non-hydrogen) atoms. The van der Waals surface area contributed by atoms with Crippen molar-refractivity contribution >= 4 is 33.9 Å². The van der Waals surface area contributed by atoms with Crippen molar-refractivity contribution in [2.24, 2.45) is 0 Å². The van der Waals surface area contributed by atoms with E-state index in [9.17, 15) is 0 Å². The lowest BCUT2D eigenvalue weighted by Crippen LogP contribution is -2.18. The molecule has 0 aliphatic heterocycles. The van der Waals surface area contributed by atoms with E-state index in [2.05, 4.69) is 34.2 Å². The number of para-hydroxylation sites is 1. The van der Waals surface area contributed by atoms with Gasteiger partial charge in [0, 0.05) is 23.0 Å². The molecular formula is C16H14ClN3. The summed E-state index contributed by atoms with van der Waals surface area (Å²) in [6.07, 6.45) is 0. The van der Waals surface area contributed by atoms with Crippen LogP contribution in [0.2, 0.25) is 5.15 Å². The zero-order valence-corrected chi connectivity index (χ0v) is 11.9. The summed E-state index contributed by atoms with van der Waals surface area (Å²) in [6.45, 7) is 2.91. The second kappa shape index (κ2) is 5.47. The molecule has 2 aromatic carbocycles. The Morgan fingerprint density at radius 3 is 2.25 bits per heavy atom. The average Bonchev–Trinajstić information content (AvgIpc) is 2.52. The predicted molar refractivity (Wildman–Crippen MR) is 83.7 cm³/mol. The first-order valence-electron chi connectivity index (χ1n) is 6.54. The van der Waals surface area contributed by atoms with E-state index in [1.54, 1.807) is 0 Å². The molecule has 0 saturated heterocycles. The summed E-state index contributed by atoms with van der Waals surface area (Å²) < 4.78 is 0. The van der Waals surface area contributed by atoms with Crippen molar-refractivity contribution < 1.29 is 0 Å². The molecule has 0 aliphatic rings. The molecule has 0 bridgehead atoms. The van der Waals surface area contributed by atoms with Crippen molar-refractivity contribution in [1.29, 1.82) is 0 Å². The zero-order valence-electron chi connectivity index (χ0n) is 11.1. The van der Waals surface area contributed by atoms with E-state index >= 15 is 0 Å². The minimum absolute atomic E-state index is 0.438. The van der Waals surface area contributed by atoms with E-state index in [0.29, 0.717) is 5.15 Å². The van der Waals surface area contributed by atoms with E-state index in [4.69, 9.17) is 11.6 Å². The largest absolute Gasteiger partial charge is 0.325 e. The molecule has 0 amide bonds. The second-order valence-electron chi connectivity index (χ2n) is 4.44. The predicted octanol–water partition coefficient (Wildman–Crippen LogP) is 4.44. The first kappa shape index (κ1) is 12.9. The average molecular weight is 284 g/mol. The van der Waals surface area contributed by atoms with Gasteiger partial charge in [-0.05, 0) is 19.1 Å². The third kappa shape index (κ3) is 2.21. The van der Waals surface area contributed by atoms with Crippen molar-refractivity contribution in [3.63, 3.8) is 0 Å². The summed E-state index contributed by atoms with van der Waals surface area (Å²) >= 11 is 6.13. The number of fused-ring (bicyclic) bond motifs is 1. The van der Waals surface area contributed by atoms with Gasteiger partial charge in [-0.15, -0.1) is 10.2 Å². The molecule has 4 heteroatoms. The summed E-state index contributed by atoms with van der Waals surface area (Å²) in [5, 5.41) is 10.7. The maximum atomic E-state index is 6.13. The number of nitrogens with zero attached hydrogens (tertiary/aromatic N) is 3. The van der Waals surface area contributed by atoms with Crippen LogP contribution in [0.1, 0.15) is 6.92 Å². The van der Waals surface area contributed by atoms with Gasteiger partial charge in [-0.25, -0.2) is 0 Å². The molecule has 3 rings (SSSR count). The minimum Gasteiger partial charge on any atom is -0.325 e. The van der Waals surface area contributed by atoms with Gasteiger partial charge in [0.1, 0.15) is 0 Å². The van der Waals surface area contributed by atoms with Crippen LogP contribution in [-0.2, 0) is 0 Å². The maximum absolute atomic E-state index is 6.13. The first-order valence-corrected chi connectivity index (χ1v) is 6.92. The fourth-order valence-corrected chi connectivity index (χ4v) is 2.52. The highest BCUT2D eigenvalue weighted by molar-refractivity contribution is 6.34. The van der Waals surface area contributed by atoms with Crippen LogP contribution < -0.4 is 4.90 Å². The summed E-state index contributed by atoms with van der Waals surface area (Å²) in [5.41, 5.74) is 1.09. The number of benzene rings is 2. The monoisotopic (exact) mass is 283 g/mol. The van der Waals surface area contributed by atoms with E-state index in [-0.39, 0.29) is 0 Å². The Balaban J connectivity index is 2.21. The molecule has 0 aliphatic carbocycles. The number of rotatable bonds is 3. The molecule has 3 nitrogen and oxygen atoms in total. The Labute approximate surface area is 122 Å². The molecular weight excluding hydrogens is 270 g/mol. The van der Waals surface area contributed by atoms with Gasteiger partial charge in [0.05, 0.1) is 0 Å². The van der Waals surface area contributed by atoms with Gasteiger partial charge in [-0.3, -0.25) is 0 Å². The summed E-state index contributed by atoms with van der Waals surface area (Å²) in [5.74, 6) is 0.832. The number of hydrogen-bond acceptors (Lipinski definition) is 3. The smallest absolute Gasteiger partial charge is 0.163 e. The molecule has 0 unspecified atom stereocenters. The van der Waals surface area contributed by atoms with Crippen LogP contribution in [0, 0.1) is 0 Å². The van der Waals surface area contributed by atoms with Gasteiger partial charge in [-0.2, -0.15) is 0 Å². The molecule has 0 atom stereocenters. The van der Waals surface area contributed by atoms with Gasteiger partial charge in [0.15, 0.2) is 11.0 Å². The van der Waals surface area contributed by atoms with E-state index < -0.39 is 0 Å². The molecule has 0 spiro atoms. The standard InChI is InChI=1S/C16H14ClN3/c1-2-20(12-8-4-3-5-9-12)16-14-11-7-6-10-13(14)15(17)18-19-16/h3-11H,2H2,1H3. The SMILES string of the molecule is CCN(c1ccccc1)c1nnc(Cl)c2ccccc12. The fourth-order valence-electron chi connectivity index (χ4n) is 2.32.